The summed E-state index contributed by atoms with van der Waals surface area (Å²) in [5.74, 6) is -3.61. The molecule has 0 spiro atoms. The molecule has 0 unspecified atom stereocenters. The number of carboxylic acids is 1. The van der Waals surface area contributed by atoms with Gasteiger partial charge in [-0.15, -0.1) is 13.2 Å². The summed E-state index contributed by atoms with van der Waals surface area (Å²) >= 11 is 2.80. The molecule has 0 aliphatic heterocycles. The zero-order valence-corrected chi connectivity index (χ0v) is 8.96. The van der Waals surface area contributed by atoms with E-state index in [1.54, 1.807) is 0 Å². The summed E-state index contributed by atoms with van der Waals surface area (Å²) in [6.07, 6.45) is -5.01. The fraction of sp³-hybridized carbons (Fsp3) is 0.125. The Balaban J connectivity index is 3.25. The summed E-state index contributed by atoms with van der Waals surface area (Å²) in [5.41, 5.74) is -0.686. The van der Waals surface area contributed by atoms with Crippen molar-refractivity contribution in [1.82, 2.24) is 0 Å². The predicted octanol–water partition coefficient (Wildman–Crippen LogP) is 2.75. The van der Waals surface area contributed by atoms with Crippen molar-refractivity contribution in [3.8, 4) is 11.5 Å². The molecule has 0 fully saturated rings. The van der Waals surface area contributed by atoms with E-state index in [0.29, 0.717) is 0 Å². The van der Waals surface area contributed by atoms with Gasteiger partial charge in [0, 0.05) is 4.47 Å². The van der Waals surface area contributed by atoms with Crippen molar-refractivity contribution < 1.29 is 32.9 Å². The molecule has 0 heterocycles. The van der Waals surface area contributed by atoms with Crippen molar-refractivity contribution in [2.75, 3.05) is 0 Å². The highest BCUT2D eigenvalue weighted by atomic mass is 79.9. The second-order valence-corrected chi connectivity index (χ2v) is 3.57. The first-order chi connectivity index (χ1) is 7.20. The minimum absolute atomic E-state index is 0.0435. The molecule has 0 aliphatic carbocycles. The lowest BCUT2D eigenvalue weighted by molar-refractivity contribution is -0.275. The van der Waals surface area contributed by atoms with Crippen LogP contribution in [0.3, 0.4) is 0 Å². The Hall–Kier alpha value is -1.44. The van der Waals surface area contributed by atoms with Gasteiger partial charge in [-0.3, -0.25) is 0 Å². The first-order valence-electron chi connectivity index (χ1n) is 3.72. The van der Waals surface area contributed by atoms with Crippen LogP contribution in [-0.4, -0.2) is 22.5 Å². The van der Waals surface area contributed by atoms with E-state index < -0.39 is 29.4 Å². The predicted molar refractivity (Wildman–Crippen MR) is 49.4 cm³/mol. The number of rotatable bonds is 2. The maximum atomic E-state index is 11.9. The minimum atomic E-state index is -5.01. The van der Waals surface area contributed by atoms with E-state index in [4.69, 9.17) is 5.11 Å². The number of alkyl halides is 3. The summed E-state index contributed by atoms with van der Waals surface area (Å²) in [6, 6.07) is 1.77. The Labute approximate surface area is 95.4 Å². The van der Waals surface area contributed by atoms with Gasteiger partial charge in [0.2, 0.25) is 0 Å². The first-order valence-corrected chi connectivity index (χ1v) is 4.51. The highest BCUT2D eigenvalue weighted by Gasteiger charge is 2.33. The van der Waals surface area contributed by atoms with Crippen molar-refractivity contribution in [3.05, 3.63) is 22.2 Å². The molecular formula is C8H4BrF3O4. The zero-order chi connectivity index (χ0) is 12.5. The van der Waals surface area contributed by atoms with Gasteiger partial charge in [-0.25, -0.2) is 4.79 Å². The maximum absolute atomic E-state index is 11.9. The number of ether oxygens (including phenoxy) is 1. The van der Waals surface area contributed by atoms with Crippen LogP contribution in [-0.2, 0) is 0 Å². The number of aromatic carboxylic acids is 1. The Morgan fingerprint density at radius 1 is 1.38 bits per heavy atom. The van der Waals surface area contributed by atoms with Gasteiger partial charge in [-0.1, -0.05) is 15.9 Å². The number of carboxylic acid groups (broad SMARTS) is 1. The Bertz CT molecular complexity index is 430. The molecule has 1 aromatic carbocycles. The Morgan fingerprint density at radius 2 is 1.94 bits per heavy atom. The van der Waals surface area contributed by atoms with Gasteiger partial charge in [0.1, 0.15) is 5.56 Å². The Kier molecular flexibility index (Phi) is 3.32. The van der Waals surface area contributed by atoms with Gasteiger partial charge in [-0.2, -0.15) is 0 Å². The van der Waals surface area contributed by atoms with E-state index in [9.17, 15) is 23.1 Å². The van der Waals surface area contributed by atoms with E-state index >= 15 is 0 Å². The fourth-order valence-corrected chi connectivity index (χ4v) is 1.38. The van der Waals surface area contributed by atoms with E-state index in [0.717, 1.165) is 12.1 Å². The van der Waals surface area contributed by atoms with Crippen LogP contribution >= 0.6 is 15.9 Å². The SMILES string of the molecule is O=C(O)c1cc(Br)cc(OC(F)(F)F)c1O. The molecule has 0 saturated heterocycles. The van der Waals surface area contributed by atoms with Crippen LogP contribution in [0.4, 0.5) is 13.2 Å². The molecule has 0 aliphatic rings. The Morgan fingerprint density at radius 3 is 2.38 bits per heavy atom. The molecule has 1 aromatic rings. The fourth-order valence-electron chi connectivity index (χ4n) is 0.940. The molecule has 0 radical (unpaired) electrons. The van der Waals surface area contributed by atoms with Gasteiger partial charge in [0.05, 0.1) is 0 Å². The summed E-state index contributed by atoms with van der Waals surface area (Å²) in [4.78, 5) is 10.6. The van der Waals surface area contributed by atoms with Crippen LogP contribution in [0.1, 0.15) is 10.4 Å². The molecule has 16 heavy (non-hydrogen) atoms. The normalized spacial score (nSPS) is 11.2. The van der Waals surface area contributed by atoms with E-state index in [1.807, 2.05) is 0 Å². The number of hydrogen-bond acceptors (Lipinski definition) is 3. The van der Waals surface area contributed by atoms with Crippen LogP contribution in [0.2, 0.25) is 0 Å². The largest absolute Gasteiger partial charge is 0.573 e. The third-order valence-electron chi connectivity index (χ3n) is 1.50. The molecule has 0 atom stereocenters. The van der Waals surface area contributed by atoms with Crippen molar-refractivity contribution in [2.45, 2.75) is 6.36 Å². The van der Waals surface area contributed by atoms with Crippen LogP contribution in [0, 0.1) is 0 Å². The first kappa shape index (κ1) is 12.6. The van der Waals surface area contributed by atoms with Gasteiger partial charge in [0.25, 0.3) is 0 Å². The number of phenols is 1. The van der Waals surface area contributed by atoms with Gasteiger partial charge in [-0.05, 0) is 12.1 Å². The minimum Gasteiger partial charge on any atom is -0.504 e. The van der Waals surface area contributed by atoms with Crippen molar-refractivity contribution in [1.29, 1.82) is 0 Å². The molecule has 0 amide bonds. The van der Waals surface area contributed by atoms with Gasteiger partial charge < -0.3 is 14.9 Å². The van der Waals surface area contributed by atoms with Crippen LogP contribution in [0.15, 0.2) is 16.6 Å². The van der Waals surface area contributed by atoms with Crippen molar-refractivity contribution >= 4 is 21.9 Å². The summed E-state index contributed by atoms with van der Waals surface area (Å²) < 4.78 is 39.2. The standard InChI is InChI=1S/C8H4BrF3O4/c9-3-1-4(7(14)15)6(13)5(2-3)16-8(10,11)12/h1-2,13H,(H,14,15). The van der Waals surface area contributed by atoms with Crippen LogP contribution in [0.5, 0.6) is 11.5 Å². The molecule has 2 N–H and O–H groups in total. The summed E-state index contributed by atoms with van der Waals surface area (Å²) in [6.45, 7) is 0. The third-order valence-corrected chi connectivity index (χ3v) is 1.95. The topological polar surface area (TPSA) is 66.8 Å². The molecule has 8 heteroatoms. The molecule has 88 valence electrons. The van der Waals surface area contributed by atoms with Crippen LogP contribution in [0.25, 0.3) is 0 Å². The molecular weight excluding hydrogens is 297 g/mol. The van der Waals surface area contributed by atoms with Crippen molar-refractivity contribution in [2.24, 2.45) is 0 Å². The van der Waals surface area contributed by atoms with Crippen molar-refractivity contribution in [3.63, 3.8) is 0 Å². The second kappa shape index (κ2) is 4.20. The van der Waals surface area contributed by atoms with Gasteiger partial charge >= 0.3 is 12.3 Å². The third kappa shape index (κ3) is 3.02. The molecule has 4 nitrogen and oxygen atoms in total. The lowest BCUT2D eigenvalue weighted by atomic mass is 10.2. The molecule has 0 aromatic heterocycles. The average molecular weight is 301 g/mol. The average Bonchev–Trinajstić information content (AvgIpc) is 2.07. The number of hydrogen-bond donors (Lipinski definition) is 2. The second-order valence-electron chi connectivity index (χ2n) is 2.65. The lowest BCUT2D eigenvalue weighted by Crippen LogP contribution is -2.17. The quantitative estimate of drug-likeness (QED) is 0.881. The van der Waals surface area contributed by atoms with Gasteiger partial charge in [0.15, 0.2) is 11.5 Å². The highest BCUT2D eigenvalue weighted by Crippen LogP contribution is 2.36. The van der Waals surface area contributed by atoms with Crippen LogP contribution < -0.4 is 4.74 Å². The van der Waals surface area contributed by atoms with E-state index in [1.165, 1.54) is 0 Å². The molecule has 1 rings (SSSR count). The monoisotopic (exact) mass is 300 g/mol. The summed E-state index contributed by atoms with van der Waals surface area (Å²) in [7, 11) is 0. The molecule has 0 saturated carbocycles. The van der Waals surface area contributed by atoms with E-state index in [-0.39, 0.29) is 4.47 Å². The number of carbonyl (C=O) groups is 1. The smallest absolute Gasteiger partial charge is 0.504 e. The van der Waals surface area contributed by atoms with E-state index in [2.05, 4.69) is 20.7 Å². The number of aromatic hydroxyl groups is 1. The zero-order valence-electron chi connectivity index (χ0n) is 7.38. The molecule has 0 bridgehead atoms. The summed E-state index contributed by atoms with van der Waals surface area (Å²) in [5, 5.41) is 17.8. The lowest BCUT2D eigenvalue weighted by Gasteiger charge is -2.12. The number of benzene rings is 1. The highest BCUT2D eigenvalue weighted by molar-refractivity contribution is 9.10. The maximum Gasteiger partial charge on any atom is 0.573 e. The number of halogens is 4.